The fourth-order valence-electron chi connectivity index (χ4n) is 1.70. The molecular weight excluding hydrogens is 238 g/mol. The molecule has 2 rings (SSSR count). The molecule has 2 aromatic rings. The summed E-state index contributed by atoms with van der Waals surface area (Å²) in [5, 5.41) is 0.602. The monoisotopic (exact) mass is 251 g/mol. The van der Waals surface area contributed by atoms with Crippen molar-refractivity contribution in [1.82, 2.24) is 20.0 Å². The Morgan fingerprint density at radius 3 is 2.94 bits per heavy atom. The van der Waals surface area contributed by atoms with Crippen molar-refractivity contribution in [2.45, 2.75) is 12.5 Å². The lowest BCUT2D eigenvalue weighted by Gasteiger charge is -2.17. The molecule has 2 aromatic heterocycles. The Bertz CT molecular complexity index is 496. The van der Waals surface area contributed by atoms with Crippen LogP contribution in [-0.4, -0.2) is 14.5 Å². The summed E-state index contributed by atoms with van der Waals surface area (Å²) in [4.78, 5) is 8.22. The SMILES string of the molecule is Cn1ccnc1CC(NN)c1ccncc1Cl. The summed E-state index contributed by atoms with van der Waals surface area (Å²) in [5.74, 6) is 6.52. The van der Waals surface area contributed by atoms with Crippen molar-refractivity contribution in [1.29, 1.82) is 0 Å². The second-order valence-corrected chi connectivity index (χ2v) is 4.18. The van der Waals surface area contributed by atoms with Gasteiger partial charge in [0.25, 0.3) is 0 Å². The van der Waals surface area contributed by atoms with Crippen LogP contribution in [-0.2, 0) is 13.5 Å². The summed E-state index contributed by atoms with van der Waals surface area (Å²) in [6, 6.07) is 1.78. The van der Waals surface area contributed by atoms with Gasteiger partial charge in [0.15, 0.2) is 0 Å². The minimum absolute atomic E-state index is 0.0772. The topological polar surface area (TPSA) is 68.8 Å². The van der Waals surface area contributed by atoms with E-state index < -0.39 is 0 Å². The highest BCUT2D eigenvalue weighted by Gasteiger charge is 2.15. The number of rotatable bonds is 4. The molecule has 1 unspecified atom stereocenters. The Balaban J connectivity index is 2.23. The highest BCUT2D eigenvalue weighted by molar-refractivity contribution is 6.31. The Morgan fingerprint density at radius 1 is 1.53 bits per heavy atom. The molecule has 0 bridgehead atoms. The van der Waals surface area contributed by atoms with Gasteiger partial charge >= 0.3 is 0 Å². The number of nitrogens with two attached hydrogens (primary N) is 1. The van der Waals surface area contributed by atoms with Crippen molar-refractivity contribution < 1.29 is 0 Å². The number of aromatic nitrogens is 3. The van der Waals surface area contributed by atoms with Crippen molar-refractivity contribution in [2.75, 3.05) is 0 Å². The van der Waals surface area contributed by atoms with Gasteiger partial charge in [0.05, 0.1) is 11.1 Å². The van der Waals surface area contributed by atoms with E-state index in [1.54, 1.807) is 18.6 Å². The van der Waals surface area contributed by atoms with E-state index in [2.05, 4.69) is 15.4 Å². The summed E-state index contributed by atoms with van der Waals surface area (Å²) in [6.45, 7) is 0. The number of nitrogens with zero attached hydrogens (tertiary/aromatic N) is 3. The average molecular weight is 252 g/mol. The van der Waals surface area contributed by atoms with Crippen LogP contribution < -0.4 is 11.3 Å². The van der Waals surface area contributed by atoms with Crippen LogP contribution in [0.25, 0.3) is 0 Å². The molecule has 1 atom stereocenters. The fourth-order valence-corrected chi connectivity index (χ4v) is 1.95. The molecular formula is C11H14ClN5. The number of halogens is 1. The lowest BCUT2D eigenvalue weighted by molar-refractivity contribution is 0.530. The summed E-state index contributed by atoms with van der Waals surface area (Å²) in [7, 11) is 1.95. The lowest BCUT2D eigenvalue weighted by Crippen LogP contribution is -2.30. The maximum atomic E-state index is 6.09. The number of aryl methyl sites for hydroxylation is 1. The number of nitrogens with one attached hydrogen (secondary N) is 1. The van der Waals surface area contributed by atoms with Gasteiger partial charge in [-0.3, -0.25) is 16.3 Å². The zero-order valence-electron chi connectivity index (χ0n) is 9.47. The van der Waals surface area contributed by atoms with Crippen molar-refractivity contribution in [3.05, 3.63) is 47.3 Å². The molecule has 0 amide bonds. The van der Waals surface area contributed by atoms with Crippen molar-refractivity contribution in [2.24, 2.45) is 12.9 Å². The van der Waals surface area contributed by atoms with E-state index in [-0.39, 0.29) is 6.04 Å². The van der Waals surface area contributed by atoms with Crippen molar-refractivity contribution >= 4 is 11.6 Å². The Hall–Kier alpha value is -1.43. The Kier molecular flexibility index (Phi) is 3.73. The van der Waals surface area contributed by atoms with E-state index in [0.717, 1.165) is 11.4 Å². The van der Waals surface area contributed by atoms with Gasteiger partial charge in [-0.05, 0) is 11.6 Å². The molecule has 0 aliphatic rings. The van der Waals surface area contributed by atoms with Crippen molar-refractivity contribution in [3.63, 3.8) is 0 Å². The first-order chi connectivity index (χ1) is 8.22. The minimum Gasteiger partial charge on any atom is -0.338 e. The maximum Gasteiger partial charge on any atom is 0.110 e. The summed E-state index contributed by atoms with van der Waals surface area (Å²) >= 11 is 6.09. The maximum absolute atomic E-state index is 6.09. The zero-order chi connectivity index (χ0) is 12.3. The van der Waals surface area contributed by atoms with Crippen LogP contribution in [0.1, 0.15) is 17.4 Å². The minimum atomic E-state index is -0.0772. The van der Waals surface area contributed by atoms with E-state index in [0.29, 0.717) is 11.4 Å². The predicted molar refractivity (Wildman–Crippen MR) is 66.2 cm³/mol. The van der Waals surface area contributed by atoms with Crippen LogP contribution in [0.3, 0.4) is 0 Å². The van der Waals surface area contributed by atoms with Gasteiger partial charge in [-0.2, -0.15) is 0 Å². The summed E-state index contributed by atoms with van der Waals surface area (Å²) in [5.41, 5.74) is 3.68. The average Bonchev–Trinajstić information content (AvgIpc) is 2.73. The molecule has 0 aliphatic heterocycles. The highest BCUT2D eigenvalue weighted by atomic mass is 35.5. The van der Waals surface area contributed by atoms with Gasteiger partial charge < -0.3 is 4.57 Å². The molecule has 90 valence electrons. The van der Waals surface area contributed by atoms with Gasteiger partial charge in [0.1, 0.15) is 5.82 Å². The molecule has 2 heterocycles. The van der Waals surface area contributed by atoms with Crippen LogP contribution in [0.5, 0.6) is 0 Å². The van der Waals surface area contributed by atoms with Crippen LogP contribution in [0.4, 0.5) is 0 Å². The third-order valence-electron chi connectivity index (χ3n) is 2.69. The summed E-state index contributed by atoms with van der Waals surface area (Å²) < 4.78 is 1.96. The third kappa shape index (κ3) is 2.63. The first-order valence-corrected chi connectivity index (χ1v) is 5.62. The number of pyridine rings is 1. The lowest BCUT2D eigenvalue weighted by atomic mass is 10.1. The molecule has 0 aliphatic carbocycles. The second-order valence-electron chi connectivity index (χ2n) is 3.77. The largest absolute Gasteiger partial charge is 0.338 e. The Morgan fingerprint density at radius 2 is 2.35 bits per heavy atom. The molecule has 0 fully saturated rings. The van der Waals surface area contributed by atoms with E-state index in [4.69, 9.17) is 17.4 Å². The van der Waals surface area contributed by atoms with Gasteiger partial charge in [-0.25, -0.2) is 4.98 Å². The van der Waals surface area contributed by atoms with E-state index in [9.17, 15) is 0 Å². The smallest absolute Gasteiger partial charge is 0.110 e. The first-order valence-electron chi connectivity index (χ1n) is 5.24. The molecule has 0 radical (unpaired) electrons. The first kappa shape index (κ1) is 12.0. The number of hydrogen-bond donors (Lipinski definition) is 2. The highest BCUT2D eigenvalue weighted by Crippen LogP contribution is 2.23. The molecule has 3 N–H and O–H groups in total. The van der Waals surface area contributed by atoms with Crippen LogP contribution in [0.15, 0.2) is 30.9 Å². The van der Waals surface area contributed by atoms with Gasteiger partial charge in [0, 0.05) is 38.3 Å². The third-order valence-corrected chi connectivity index (χ3v) is 3.00. The number of hydrazine groups is 1. The molecule has 5 nitrogen and oxygen atoms in total. The second kappa shape index (κ2) is 5.27. The van der Waals surface area contributed by atoms with Crippen LogP contribution >= 0.6 is 11.6 Å². The standard InChI is InChI=1S/C11H14ClN5/c1-17-5-4-15-11(17)6-10(16-13)8-2-3-14-7-9(8)12/h2-5,7,10,16H,6,13H2,1H3. The predicted octanol–water partition coefficient (Wildman–Crippen LogP) is 1.22. The molecule has 17 heavy (non-hydrogen) atoms. The quantitative estimate of drug-likeness (QED) is 0.633. The Labute approximate surface area is 105 Å². The van der Waals surface area contributed by atoms with Gasteiger partial charge in [-0.15, -0.1) is 0 Å². The fraction of sp³-hybridized carbons (Fsp3) is 0.273. The molecule has 0 saturated heterocycles. The summed E-state index contributed by atoms with van der Waals surface area (Å²) in [6.07, 6.45) is 7.64. The molecule has 0 saturated carbocycles. The van der Waals surface area contributed by atoms with Crippen LogP contribution in [0, 0.1) is 0 Å². The van der Waals surface area contributed by atoms with E-state index in [1.807, 2.05) is 23.9 Å². The van der Waals surface area contributed by atoms with Crippen molar-refractivity contribution in [3.8, 4) is 0 Å². The normalized spacial score (nSPS) is 12.6. The number of imidazole rings is 1. The number of hydrogen-bond acceptors (Lipinski definition) is 4. The molecule has 0 aromatic carbocycles. The zero-order valence-corrected chi connectivity index (χ0v) is 10.2. The molecule has 6 heteroatoms. The van der Waals surface area contributed by atoms with Crippen LogP contribution in [0.2, 0.25) is 5.02 Å². The molecule has 0 spiro atoms. The van der Waals surface area contributed by atoms with Gasteiger partial charge in [0.2, 0.25) is 0 Å². The van der Waals surface area contributed by atoms with E-state index >= 15 is 0 Å². The van der Waals surface area contributed by atoms with Gasteiger partial charge in [-0.1, -0.05) is 11.6 Å². The van der Waals surface area contributed by atoms with E-state index in [1.165, 1.54) is 0 Å².